The summed E-state index contributed by atoms with van der Waals surface area (Å²) in [5, 5.41) is 53.6. The van der Waals surface area contributed by atoms with Crippen LogP contribution in [0.1, 0.15) is 194 Å². The molecule has 1 amide bonds. The summed E-state index contributed by atoms with van der Waals surface area (Å²) < 4.78 is 11.1. The van der Waals surface area contributed by atoms with Gasteiger partial charge in [0.15, 0.2) is 6.29 Å². The molecular weight excluding hydrogens is 670 g/mol. The third-order valence-corrected chi connectivity index (χ3v) is 10.5. The van der Waals surface area contributed by atoms with Crippen molar-refractivity contribution in [3.63, 3.8) is 0 Å². The van der Waals surface area contributed by atoms with Gasteiger partial charge in [0.25, 0.3) is 0 Å². The Kier molecular flexibility index (Phi) is 32.9. The van der Waals surface area contributed by atoms with Crippen molar-refractivity contribution in [2.75, 3.05) is 13.2 Å². The molecule has 0 bridgehead atoms. The van der Waals surface area contributed by atoms with Gasteiger partial charge in [-0.25, -0.2) is 0 Å². The molecule has 1 rings (SSSR count). The lowest BCUT2D eigenvalue weighted by atomic mass is 9.99. The third-order valence-electron chi connectivity index (χ3n) is 10.5. The number of allylic oxidation sites excluding steroid dienone is 3. The molecule has 0 radical (unpaired) electrons. The van der Waals surface area contributed by atoms with E-state index in [-0.39, 0.29) is 12.5 Å². The minimum Gasteiger partial charge on any atom is -0.394 e. The van der Waals surface area contributed by atoms with Gasteiger partial charge in [-0.1, -0.05) is 179 Å². The number of unbranched alkanes of at least 4 members (excludes halogenated alkanes) is 24. The lowest BCUT2D eigenvalue weighted by Gasteiger charge is -2.40. The highest BCUT2D eigenvalue weighted by Crippen LogP contribution is 2.22. The van der Waals surface area contributed by atoms with Crippen LogP contribution >= 0.6 is 0 Å². The fraction of sp³-hybridized carbons (Fsp3) is 0.886. The fourth-order valence-corrected chi connectivity index (χ4v) is 6.94. The molecular formula is C44H83NO8. The van der Waals surface area contributed by atoms with E-state index in [9.17, 15) is 30.3 Å². The molecule has 0 aliphatic carbocycles. The standard InChI is InChI=1S/C44H83NO8/c1-3-5-7-9-10-11-12-13-14-15-16-17-18-19-20-21-22-23-24-25-26-27-28-29-30-31-33-38(47)37(45-40(48)34-32-8-6-4-2)36-52-44-43(51)42(50)41(49)39(35-46)53-44/h27-28,31,33,37-39,41-44,46-47,49-51H,3-26,29-30,32,34-36H2,1-2H3,(H,45,48)/b28-27+,33-31+. The van der Waals surface area contributed by atoms with Gasteiger partial charge in [-0.05, 0) is 32.1 Å². The molecule has 1 heterocycles. The van der Waals surface area contributed by atoms with E-state index in [4.69, 9.17) is 9.47 Å². The van der Waals surface area contributed by atoms with Gasteiger partial charge in [0, 0.05) is 6.42 Å². The first-order valence-electron chi connectivity index (χ1n) is 22.1. The number of carbonyl (C=O) groups is 1. The van der Waals surface area contributed by atoms with Crippen LogP contribution in [-0.2, 0) is 14.3 Å². The van der Waals surface area contributed by atoms with Crippen molar-refractivity contribution in [2.45, 2.75) is 236 Å². The van der Waals surface area contributed by atoms with Crippen LogP contribution in [0.25, 0.3) is 0 Å². The molecule has 9 nitrogen and oxygen atoms in total. The lowest BCUT2D eigenvalue weighted by molar-refractivity contribution is -0.302. The molecule has 7 unspecified atom stereocenters. The quantitative estimate of drug-likeness (QED) is 0.0275. The lowest BCUT2D eigenvalue weighted by Crippen LogP contribution is -2.60. The predicted molar refractivity (Wildman–Crippen MR) is 217 cm³/mol. The number of aliphatic hydroxyl groups excluding tert-OH is 5. The van der Waals surface area contributed by atoms with Crippen molar-refractivity contribution in [1.29, 1.82) is 0 Å². The molecule has 1 aliphatic rings. The average molecular weight is 754 g/mol. The highest BCUT2D eigenvalue weighted by atomic mass is 16.7. The predicted octanol–water partition coefficient (Wildman–Crippen LogP) is 8.72. The van der Waals surface area contributed by atoms with Crippen LogP contribution < -0.4 is 5.32 Å². The summed E-state index contributed by atoms with van der Waals surface area (Å²) in [5.41, 5.74) is 0. The molecule has 0 saturated carbocycles. The Morgan fingerprint density at radius 3 is 1.58 bits per heavy atom. The van der Waals surface area contributed by atoms with Crippen LogP contribution in [0.4, 0.5) is 0 Å². The van der Waals surface area contributed by atoms with Crippen molar-refractivity contribution in [2.24, 2.45) is 0 Å². The largest absolute Gasteiger partial charge is 0.394 e. The minimum absolute atomic E-state index is 0.200. The first-order valence-corrected chi connectivity index (χ1v) is 22.1. The summed E-state index contributed by atoms with van der Waals surface area (Å²) in [6.07, 6.45) is 34.6. The van der Waals surface area contributed by atoms with Gasteiger partial charge in [-0.2, -0.15) is 0 Å². The number of aliphatic hydroxyl groups is 5. The average Bonchev–Trinajstić information content (AvgIpc) is 3.16. The van der Waals surface area contributed by atoms with Crippen molar-refractivity contribution in [1.82, 2.24) is 5.32 Å². The molecule has 0 aromatic heterocycles. The molecule has 1 aliphatic heterocycles. The van der Waals surface area contributed by atoms with Crippen LogP contribution in [0.5, 0.6) is 0 Å². The van der Waals surface area contributed by atoms with E-state index in [1.807, 2.05) is 6.08 Å². The normalized spacial score (nSPS) is 21.8. The molecule has 53 heavy (non-hydrogen) atoms. The third kappa shape index (κ3) is 26.2. The van der Waals surface area contributed by atoms with E-state index < -0.39 is 49.5 Å². The fourth-order valence-electron chi connectivity index (χ4n) is 6.94. The van der Waals surface area contributed by atoms with Crippen LogP contribution in [0.3, 0.4) is 0 Å². The van der Waals surface area contributed by atoms with Gasteiger partial charge in [0.05, 0.1) is 25.4 Å². The zero-order chi connectivity index (χ0) is 38.8. The van der Waals surface area contributed by atoms with Gasteiger partial charge in [0.2, 0.25) is 5.91 Å². The van der Waals surface area contributed by atoms with E-state index in [0.717, 1.165) is 44.9 Å². The Hall–Kier alpha value is -1.33. The van der Waals surface area contributed by atoms with Gasteiger partial charge < -0.3 is 40.3 Å². The maximum absolute atomic E-state index is 12.6. The number of ether oxygens (including phenoxy) is 2. The second-order valence-electron chi connectivity index (χ2n) is 15.5. The SMILES string of the molecule is CCCCCCCCCCCCCCCCCCCCCC/C=C/CC/C=C/C(O)C(COC1OC(CO)C(O)C(O)C1O)NC(=O)CCCCCC. The first kappa shape index (κ1) is 49.7. The van der Waals surface area contributed by atoms with E-state index >= 15 is 0 Å². The Morgan fingerprint density at radius 1 is 0.623 bits per heavy atom. The maximum Gasteiger partial charge on any atom is 0.220 e. The van der Waals surface area contributed by atoms with Gasteiger partial charge in [0.1, 0.15) is 24.4 Å². The van der Waals surface area contributed by atoms with Gasteiger partial charge in [-0.15, -0.1) is 0 Å². The Balaban J connectivity index is 2.17. The highest BCUT2D eigenvalue weighted by molar-refractivity contribution is 5.76. The van der Waals surface area contributed by atoms with Crippen LogP contribution in [0.15, 0.2) is 24.3 Å². The van der Waals surface area contributed by atoms with E-state index in [1.54, 1.807) is 6.08 Å². The first-order chi connectivity index (χ1) is 25.8. The van der Waals surface area contributed by atoms with Crippen molar-refractivity contribution < 1.29 is 39.8 Å². The van der Waals surface area contributed by atoms with Gasteiger partial charge >= 0.3 is 0 Å². The summed E-state index contributed by atoms with van der Waals surface area (Å²) in [5.74, 6) is -0.205. The van der Waals surface area contributed by atoms with Crippen molar-refractivity contribution in [3.05, 3.63) is 24.3 Å². The topological polar surface area (TPSA) is 149 Å². The molecule has 7 atom stereocenters. The monoisotopic (exact) mass is 754 g/mol. The number of hydrogen-bond acceptors (Lipinski definition) is 8. The maximum atomic E-state index is 12.6. The summed E-state index contributed by atoms with van der Waals surface area (Å²) in [6.45, 7) is 3.62. The summed E-state index contributed by atoms with van der Waals surface area (Å²) in [7, 11) is 0. The van der Waals surface area contributed by atoms with Gasteiger partial charge in [-0.3, -0.25) is 4.79 Å². The Morgan fingerprint density at radius 2 is 1.08 bits per heavy atom. The summed E-state index contributed by atoms with van der Waals surface area (Å²) in [6, 6.07) is -0.813. The summed E-state index contributed by atoms with van der Waals surface area (Å²) >= 11 is 0. The second-order valence-corrected chi connectivity index (χ2v) is 15.5. The molecule has 0 spiro atoms. The number of amides is 1. The van der Waals surface area contributed by atoms with Crippen molar-refractivity contribution in [3.8, 4) is 0 Å². The highest BCUT2D eigenvalue weighted by Gasteiger charge is 2.44. The molecule has 0 aromatic rings. The summed E-state index contributed by atoms with van der Waals surface area (Å²) in [4.78, 5) is 12.6. The smallest absolute Gasteiger partial charge is 0.220 e. The molecule has 6 N–H and O–H groups in total. The van der Waals surface area contributed by atoms with Crippen LogP contribution in [0.2, 0.25) is 0 Å². The van der Waals surface area contributed by atoms with E-state index in [2.05, 4.69) is 31.3 Å². The number of hydrogen-bond donors (Lipinski definition) is 6. The molecule has 1 saturated heterocycles. The molecule has 0 aromatic carbocycles. The zero-order valence-corrected chi connectivity index (χ0v) is 34.0. The van der Waals surface area contributed by atoms with E-state index in [1.165, 1.54) is 128 Å². The molecule has 9 heteroatoms. The number of rotatable bonds is 36. The van der Waals surface area contributed by atoms with E-state index in [0.29, 0.717) is 6.42 Å². The zero-order valence-electron chi connectivity index (χ0n) is 34.0. The number of nitrogens with one attached hydrogen (secondary N) is 1. The van der Waals surface area contributed by atoms with Crippen LogP contribution in [-0.4, -0.2) is 87.5 Å². The Bertz CT molecular complexity index is 883. The second kappa shape index (κ2) is 35.1. The minimum atomic E-state index is -1.57. The molecule has 1 fully saturated rings. The number of carbonyl (C=O) groups excluding carboxylic acids is 1. The van der Waals surface area contributed by atoms with Crippen molar-refractivity contribution >= 4 is 5.91 Å². The Labute approximate surface area is 324 Å². The molecule has 312 valence electrons. The van der Waals surface area contributed by atoms with Crippen LogP contribution in [0, 0.1) is 0 Å².